The number of benzene rings is 4. The van der Waals surface area contributed by atoms with Crippen molar-refractivity contribution >= 4 is 16.9 Å². The van der Waals surface area contributed by atoms with Crippen LogP contribution in [0, 0.1) is 6.92 Å². The molecule has 0 unspecified atom stereocenters. The fourth-order valence-electron chi connectivity index (χ4n) is 4.71. The molecule has 0 fully saturated rings. The maximum atomic E-state index is 13.9. The monoisotopic (exact) mass is 541 g/mol. The predicted molar refractivity (Wildman–Crippen MR) is 148 cm³/mol. The van der Waals surface area contributed by atoms with Crippen molar-refractivity contribution in [2.45, 2.75) is 33.1 Å². The number of carbonyl (C=O) groups is 1. The summed E-state index contributed by atoms with van der Waals surface area (Å²) in [5.74, 6) is 0.621. The van der Waals surface area contributed by atoms with Crippen molar-refractivity contribution in [3.63, 3.8) is 0 Å². The lowest BCUT2D eigenvalue weighted by Gasteiger charge is -2.17. The third-order valence-corrected chi connectivity index (χ3v) is 6.64. The summed E-state index contributed by atoms with van der Waals surface area (Å²) >= 11 is 0. The fraction of sp³-hybridized carbons (Fsp3) is 0.152. The number of aryl methyl sites for hydroxylation is 1. The van der Waals surface area contributed by atoms with Crippen molar-refractivity contribution in [3.05, 3.63) is 125 Å². The van der Waals surface area contributed by atoms with Crippen LogP contribution in [-0.2, 0) is 24.0 Å². The molecule has 1 heterocycles. The van der Waals surface area contributed by atoms with E-state index in [4.69, 9.17) is 9.47 Å². The highest BCUT2D eigenvalue weighted by Crippen LogP contribution is 2.39. The van der Waals surface area contributed by atoms with Crippen LogP contribution in [0.5, 0.6) is 11.5 Å². The van der Waals surface area contributed by atoms with Crippen LogP contribution < -0.4 is 9.47 Å². The minimum atomic E-state index is -4.53. The summed E-state index contributed by atoms with van der Waals surface area (Å²) in [5.41, 5.74) is 4.42. The quantitative estimate of drug-likeness (QED) is 0.154. The Hall–Kier alpha value is -4.65. The van der Waals surface area contributed by atoms with Gasteiger partial charge in [-0.05, 0) is 77.1 Å². The van der Waals surface area contributed by atoms with Gasteiger partial charge >= 0.3 is 12.1 Å². The molecular weight excluding hydrogens is 515 g/mol. The van der Waals surface area contributed by atoms with Gasteiger partial charge in [0.15, 0.2) is 0 Å². The Labute approximate surface area is 230 Å². The number of esters is 1. The van der Waals surface area contributed by atoms with E-state index >= 15 is 0 Å². The molecule has 40 heavy (non-hydrogen) atoms. The van der Waals surface area contributed by atoms with E-state index in [-0.39, 0.29) is 12.1 Å². The molecule has 0 amide bonds. The number of ether oxygens (including phenoxy) is 2. The molecule has 0 radical (unpaired) electrons. The summed E-state index contributed by atoms with van der Waals surface area (Å²) in [5, 5.41) is 0.430. The van der Waals surface area contributed by atoms with E-state index in [1.54, 1.807) is 36.5 Å². The SMILES string of the molecule is CC(=O)Oc1ccc(COc2cccc(-c3c(Cc4ccccc4C)cnc4c(C(F)(F)F)cccc34)c2)cc1. The third kappa shape index (κ3) is 5.99. The third-order valence-electron chi connectivity index (χ3n) is 6.64. The van der Waals surface area contributed by atoms with E-state index in [1.807, 2.05) is 55.5 Å². The maximum absolute atomic E-state index is 13.9. The Bertz CT molecular complexity index is 1680. The first-order valence-corrected chi connectivity index (χ1v) is 12.7. The molecule has 4 nitrogen and oxygen atoms in total. The van der Waals surface area contributed by atoms with Crippen LogP contribution >= 0.6 is 0 Å². The summed E-state index contributed by atoms with van der Waals surface area (Å²) in [7, 11) is 0. The fourth-order valence-corrected chi connectivity index (χ4v) is 4.71. The van der Waals surface area contributed by atoms with Gasteiger partial charge in [-0.2, -0.15) is 13.2 Å². The number of hydrogen-bond acceptors (Lipinski definition) is 4. The molecule has 0 aliphatic carbocycles. The van der Waals surface area contributed by atoms with Gasteiger partial charge in [-0.1, -0.05) is 60.7 Å². The van der Waals surface area contributed by atoms with Crippen LogP contribution in [-0.4, -0.2) is 11.0 Å². The zero-order valence-corrected chi connectivity index (χ0v) is 22.0. The van der Waals surface area contributed by atoms with Gasteiger partial charge in [0.2, 0.25) is 0 Å². The van der Waals surface area contributed by atoms with Gasteiger partial charge in [0.05, 0.1) is 11.1 Å². The first-order chi connectivity index (χ1) is 19.2. The zero-order chi connectivity index (χ0) is 28.3. The minimum Gasteiger partial charge on any atom is -0.489 e. The summed E-state index contributed by atoms with van der Waals surface area (Å²) in [4.78, 5) is 15.4. The normalized spacial score (nSPS) is 11.4. The molecule has 4 aromatic carbocycles. The molecule has 1 aromatic heterocycles. The zero-order valence-electron chi connectivity index (χ0n) is 22.0. The van der Waals surface area contributed by atoms with Gasteiger partial charge in [0, 0.05) is 18.5 Å². The molecular formula is C33H26F3NO3. The number of pyridine rings is 1. The molecule has 0 N–H and O–H groups in total. The summed E-state index contributed by atoms with van der Waals surface area (Å²) in [6.45, 7) is 3.61. The van der Waals surface area contributed by atoms with Gasteiger partial charge in [-0.15, -0.1) is 0 Å². The Morgan fingerprint density at radius 3 is 2.33 bits per heavy atom. The number of hydrogen-bond donors (Lipinski definition) is 0. The van der Waals surface area contributed by atoms with Crippen LogP contribution in [0.2, 0.25) is 0 Å². The van der Waals surface area contributed by atoms with Gasteiger partial charge < -0.3 is 9.47 Å². The predicted octanol–water partition coefficient (Wildman–Crippen LogP) is 8.32. The molecule has 7 heteroatoms. The van der Waals surface area contributed by atoms with E-state index in [0.717, 1.165) is 33.9 Å². The minimum absolute atomic E-state index is 0.0854. The first-order valence-electron chi connectivity index (χ1n) is 12.7. The maximum Gasteiger partial charge on any atom is 0.418 e. The van der Waals surface area contributed by atoms with Crippen LogP contribution in [0.15, 0.2) is 97.2 Å². The number of alkyl halides is 3. The van der Waals surface area contributed by atoms with Crippen molar-refractivity contribution < 1.29 is 27.4 Å². The van der Waals surface area contributed by atoms with Crippen LogP contribution in [0.4, 0.5) is 13.2 Å². The van der Waals surface area contributed by atoms with Gasteiger partial charge in [0.25, 0.3) is 0 Å². The second-order valence-electron chi connectivity index (χ2n) is 9.52. The average Bonchev–Trinajstić information content (AvgIpc) is 2.93. The van der Waals surface area contributed by atoms with Crippen molar-refractivity contribution in [3.8, 4) is 22.6 Å². The second-order valence-corrected chi connectivity index (χ2v) is 9.52. The highest BCUT2D eigenvalue weighted by Gasteiger charge is 2.33. The number of aromatic nitrogens is 1. The highest BCUT2D eigenvalue weighted by molar-refractivity contribution is 5.98. The van der Waals surface area contributed by atoms with Crippen molar-refractivity contribution in [2.75, 3.05) is 0 Å². The topological polar surface area (TPSA) is 48.4 Å². The van der Waals surface area contributed by atoms with Gasteiger partial charge in [0.1, 0.15) is 18.1 Å². The Morgan fingerprint density at radius 2 is 1.60 bits per heavy atom. The number of para-hydroxylation sites is 1. The van der Waals surface area contributed by atoms with Crippen LogP contribution in [0.1, 0.15) is 34.7 Å². The second kappa shape index (κ2) is 11.2. The molecule has 0 spiro atoms. The molecule has 0 saturated carbocycles. The molecule has 0 atom stereocenters. The van der Waals surface area contributed by atoms with Gasteiger partial charge in [-0.25, -0.2) is 0 Å². The van der Waals surface area contributed by atoms with Crippen LogP contribution in [0.25, 0.3) is 22.0 Å². The number of carbonyl (C=O) groups excluding carboxylic acids is 1. The Kier molecular flexibility index (Phi) is 7.56. The lowest BCUT2D eigenvalue weighted by Crippen LogP contribution is -2.07. The van der Waals surface area contributed by atoms with Crippen molar-refractivity contribution in [1.82, 2.24) is 4.98 Å². The first kappa shape index (κ1) is 26.9. The lowest BCUT2D eigenvalue weighted by molar-refractivity contribution is -0.136. The molecule has 5 aromatic rings. The number of fused-ring (bicyclic) bond motifs is 1. The number of halogens is 3. The van der Waals surface area contributed by atoms with Crippen molar-refractivity contribution in [2.24, 2.45) is 0 Å². The lowest BCUT2D eigenvalue weighted by atomic mass is 9.91. The molecule has 0 bridgehead atoms. The van der Waals surface area contributed by atoms with Gasteiger partial charge in [-0.3, -0.25) is 9.78 Å². The molecule has 0 aliphatic rings. The Morgan fingerprint density at radius 1 is 0.850 bits per heavy atom. The molecule has 0 saturated heterocycles. The average molecular weight is 542 g/mol. The van der Waals surface area contributed by atoms with Crippen LogP contribution in [0.3, 0.4) is 0 Å². The van der Waals surface area contributed by atoms with E-state index in [9.17, 15) is 18.0 Å². The summed E-state index contributed by atoms with van der Waals surface area (Å²) in [6.07, 6.45) is -2.46. The summed E-state index contributed by atoms with van der Waals surface area (Å²) < 4.78 is 52.7. The summed E-state index contributed by atoms with van der Waals surface area (Å²) in [6, 6.07) is 26.4. The smallest absolute Gasteiger partial charge is 0.418 e. The molecule has 5 rings (SSSR count). The largest absolute Gasteiger partial charge is 0.489 e. The number of rotatable bonds is 7. The van der Waals surface area contributed by atoms with E-state index in [0.29, 0.717) is 28.9 Å². The van der Waals surface area contributed by atoms with E-state index in [1.165, 1.54) is 13.0 Å². The Balaban J connectivity index is 1.53. The standard InChI is InChI=1S/C33H26F3NO3/c1-21-7-3-4-8-24(21)17-26-19-37-32-29(11-6-12-30(32)33(34,35)36)31(26)25-9-5-10-28(18-25)39-20-23-13-15-27(16-14-23)40-22(2)38/h3-16,18-19H,17,20H2,1-2H3. The number of nitrogens with zero attached hydrogens (tertiary/aromatic N) is 1. The molecule has 0 aliphatic heterocycles. The van der Waals surface area contributed by atoms with E-state index < -0.39 is 17.7 Å². The molecule has 202 valence electrons. The van der Waals surface area contributed by atoms with E-state index in [2.05, 4.69) is 4.98 Å². The van der Waals surface area contributed by atoms with Crippen molar-refractivity contribution in [1.29, 1.82) is 0 Å². The highest BCUT2D eigenvalue weighted by atomic mass is 19.4.